The number of aromatic hydroxyl groups is 1. The standard InChI is InChI=1S/C36H28N2O/c39-36-15-6-3-10-31(36)27-9-7-8-26(24-27)25-16-18-28(19-17-25)37-29-20-22-30(23-21-29)38-34-13-4-1-11-32(34)33-12-2-5-14-35(33)38/h1-16,18-25,37,39H,17H2. The number of nitrogens with one attached hydrogen (secondary N) is 1. The van der Waals surface area contributed by atoms with Crippen LogP contribution in [-0.4, -0.2) is 9.67 Å². The van der Waals surface area contributed by atoms with Crippen LogP contribution in [0.1, 0.15) is 17.9 Å². The lowest BCUT2D eigenvalue weighted by Crippen LogP contribution is -2.04. The number of aromatic nitrogens is 1. The summed E-state index contributed by atoms with van der Waals surface area (Å²) < 4.78 is 2.34. The molecule has 6 aromatic rings. The number of phenolic OH excluding ortho intramolecular Hbond substituents is 1. The number of allylic oxidation sites excluding steroid dienone is 3. The van der Waals surface area contributed by atoms with E-state index in [0.29, 0.717) is 11.7 Å². The number of para-hydroxylation sites is 3. The zero-order chi connectivity index (χ0) is 26.2. The zero-order valence-corrected chi connectivity index (χ0v) is 21.5. The summed E-state index contributed by atoms with van der Waals surface area (Å²) in [6, 6.07) is 41.8. The van der Waals surface area contributed by atoms with E-state index in [-0.39, 0.29) is 0 Å². The van der Waals surface area contributed by atoms with Crippen LogP contribution in [-0.2, 0) is 0 Å². The van der Waals surface area contributed by atoms with Crippen LogP contribution in [0.3, 0.4) is 0 Å². The Labute approximate surface area is 228 Å². The first kappa shape index (κ1) is 23.1. The van der Waals surface area contributed by atoms with Gasteiger partial charge < -0.3 is 15.0 Å². The average molecular weight is 505 g/mol. The molecule has 0 saturated heterocycles. The number of hydrogen-bond donors (Lipinski definition) is 2. The largest absolute Gasteiger partial charge is 0.507 e. The molecule has 0 spiro atoms. The molecule has 1 aliphatic rings. The number of hydrogen-bond acceptors (Lipinski definition) is 2. The molecule has 1 aliphatic carbocycles. The first-order valence-electron chi connectivity index (χ1n) is 13.4. The molecule has 188 valence electrons. The van der Waals surface area contributed by atoms with Crippen LogP contribution in [0.4, 0.5) is 5.69 Å². The average Bonchev–Trinajstić information content (AvgIpc) is 3.33. The SMILES string of the molecule is Oc1ccccc1-c1cccc(C2C=CC(Nc3ccc(-n4c5ccccc5c5ccccc54)cc3)=CC2)c1. The maximum absolute atomic E-state index is 10.3. The van der Waals surface area contributed by atoms with Gasteiger partial charge >= 0.3 is 0 Å². The number of anilines is 1. The Balaban J connectivity index is 1.09. The van der Waals surface area contributed by atoms with Crippen LogP contribution in [0.5, 0.6) is 5.75 Å². The molecule has 0 saturated carbocycles. The summed E-state index contributed by atoms with van der Waals surface area (Å²) >= 11 is 0. The normalized spacial score (nSPS) is 15.0. The van der Waals surface area contributed by atoms with E-state index >= 15 is 0 Å². The Morgan fingerprint density at radius 2 is 1.38 bits per heavy atom. The predicted molar refractivity (Wildman–Crippen MR) is 163 cm³/mol. The molecule has 0 fully saturated rings. The van der Waals surface area contributed by atoms with Gasteiger partial charge in [0, 0.05) is 39.3 Å². The fourth-order valence-corrected chi connectivity index (χ4v) is 5.68. The number of benzene rings is 5. The van der Waals surface area contributed by atoms with E-state index in [1.807, 2.05) is 18.2 Å². The van der Waals surface area contributed by atoms with E-state index in [1.54, 1.807) is 6.07 Å². The van der Waals surface area contributed by atoms with Crippen LogP contribution in [0, 0.1) is 0 Å². The van der Waals surface area contributed by atoms with Crippen molar-refractivity contribution in [2.45, 2.75) is 12.3 Å². The van der Waals surface area contributed by atoms with Gasteiger partial charge in [-0.1, -0.05) is 91.0 Å². The first-order chi connectivity index (χ1) is 19.2. The molecule has 0 amide bonds. The van der Waals surface area contributed by atoms with Crippen LogP contribution >= 0.6 is 0 Å². The molecule has 0 radical (unpaired) electrons. The summed E-state index contributed by atoms with van der Waals surface area (Å²) in [5, 5.41) is 16.4. The highest BCUT2D eigenvalue weighted by Gasteiger charge is 2.14. The summed E-state index contributed by atoms with van der Waals surface area (Å²) in [5.41, 5.74) is 8.90. The van der Waals surface area contributed by atoms with Gasteiger partial charge in [-0.15, -0.1) is 0 Å². The van der Waals surface area contributed by atoms with Crippen LogP contribution in [0.15, 0.2) is 145 Å². The van der Waals surface area contributed by atoms with Crippen molar-refractivity contribution >= 4 is 27.5 Å². The molecule has 3 heteroatoms. The molecule has 0 aliphatic heterocycles. The third-order valence-electron chi connectivity index (χ3n) is 7.62. The third-order valence-corrected chi connectivity index (χ3v) is 7.62. The lowest BCUT2D eigenvalue weighted by molar-refractivity contribution is 0.477. The highest BCUT2D eigenvalue weighted by Crippen LogP contribution is 2.34. The van der Waals surface area contributed by atoms with Crippen molar-refractivity contribution in [2.75, 3.05) is 5.32 Å². The summed E-state index contributed by atoms with van der Waals surface area (Å²) in [6.07, 6.45) is 7.61. The molecule has 1 aromatic heterocycles. The number of rotatable bonds is 5. The molecule has 5 aromatic carbocycles. The fraction of sp³-hybridized carbons (Fsp3) is 0.0556. The second-order valence-corrected chi connectivity index (χ2v) is 10.0. The maximum Gasteiger partial charge on any atom is 0.123 e. The third kappa shape index (κ3) is 4.28. The minimum absolute atomic E-state index is 0.305. The quantitative estimate of drug-likeness (QED) is 0.246. The van der Waals surface area contributed by atoms with Crippen molar-refractivity contribution in [3.8, 4) is 22.6 Å². The van der Waals surface area contributed by atoms with Crippen molar-refractivity contribution in [1.29, 1.82) is 0 Å². The van der Waals surface area contributed by atoms with E-state index in [4.69, 9.17) is 0 Å². The Morgan fingerprint density at radius 1 is 0.692 bits per heavy atom. The van der Waals surface area contributed by atoms with Crippen molar-refractivity contribution < 1.29 is 5.11 Å². The number of nitrogens with zero attached hydrogens (tertiary/aromatic N) is 1. The highest BCUT2D eigenvalue weighted by molar-refractivity contribution is 6.09. The van der Waals surface area contributed by atoms with Crippen LogP contribution < -0.4 is 5.32 Å². The first-order valence-corrected chi connectivity index (χ1v) is 13.4. The van der Waals surface area contributed by atoms with Crippen LogP contribution in [0.25, 0.3) is 38.6 Å². The Hall–Kier alpha value is -5.02. The number of fused-ring (bicyclic) bond motifs is 3. The van der Waals surface area contributed by atoms with Crippen molar-refractivity contribution in [3.63, 3.8) is 0 Å². The van der Waals surface area contributed by atoms with Gasteiger partial charge in [0.15, 0.2) is 0 Å². The Morgan fingerprint density at radius 3 is 2.08 bits per heavy atom. The zero-order valence-electron chi connectivity index (χ0n) is 21.5. The fourth-order valence-electron chi connectivity index (χ4n) is 5.68. The van der Waals surface area contributed by atoms with Gasteiger partial charge in [-0.2, -0.15) is 0 Å². The topological polar surface area (TPSA) is 37.2 Å². The molecular weight excluding hydrogens is 476 g/mol. The maximum atomic E-state index is 10.3. The van der Waals surface area contributed by atoms with E-state index < -0.39 is 0 Å². The smallest absolute Gasteiger partial charge is 0.123 e. The van der Waals surface area contributed by atoms with E-state index in [0.717, 1.165) is 34.6 Å². The number of phenols is 1. The van der Waals surface area contributed by atoms with Gasteiger partial charge in [0.2, 0.25) is 0 Å². The summed E-state index contributed by atoms with van der Waals surface area (Å²) in [6.45, 7) is 0. The lowest BCUT2D eigenvalue weighted by Gasteiger charge is -2.19. The molecule has 1 atom stereocenters. The monoisotopic (exact) mass is 504 g/mol. The summed E-state index contributed by atoms with van der Waals surface area (Å²) in [5.74, 6) is 0.614. The second kappa shape index (κ2) is 9.70. The van der Waals surface area contributed by atoms with Gasteiger partial charge in [-0.25, -0.2) is 0 Å². The van der Waals surface area contributed by atoms with E-state index in [9.17, 15) is 5.11 Å². The van der Waals surface area contributed by atoms with Gasteiger partial charge in [-0.3, -0.25) is 0 Å². The summed E-state index contributed by atoms with van der Waals surface area (Å²) in [7, 11) is 0. The predicted octanol–water partition coefficient (Wildman–Crippen LogP) is 9.20. The van der Waals surface area contributed by atoms with Gasteiger partial charge in [0.05, 0.1) is 11.0 Å². The van der Waals surface area contributed by atoms with Crippen LogP contribution in [0.2, 0.25) is 0 Å². The second-order valence-electron chi connectivity index (χ2n) is 10.0. The molecule has 1 unspecified atom stereocenters. The minimum atomic E-state index is 0.305. The molecule has 0 bridgehead atoms. The molecule has 2 N–H and O–H groups in total. The molecule has 1 heterocycles. The minimum Gasteiger partial charge on any atom is -0.507 e. The van der Waals surface area contributed by atoms with Gasteiger partial charge in [-0.05, 0) is 66.1 Å². The Kier molecular flexibility index (Phi) is 5.75. The van der Waals surface area contributed by atoms with Crippen molar-refractivity contribution in [1.82, 2.24) is 4.57 Å². The van der Waals surface area contributed by atoms with Crippen molar-refractivity contribution in [2.24, 2.45) is 0 Å². The molecule has 7 rings (SSSR count). The van der Waals surface area contributed by atoms with Gasteiger partial charge in [0.1, 0.15) is 5.75 Å². The van der Waals surface area contributed by atoms with E-state index in [2.05, 4.69) is 125 Å². The van der Waals surface area contributed by atoms with E-state index in [1.165, 1.54) is 27.4 Å². The molecule has 39 heavy (non-hydrogen) atoms. The van der Waals surface area contributed by atoms with Crippen molar-refractivity contribution in [3.05, 3.63) is 151 Å². The molecular formula is C36H28N2O. The lowest BCUT2D eigenvalue weighted by atomic mass is 9.89. The van der Waals surface area contributed by atoms with Gasteiger partial charge in [0.25, 0.3) is 0 Å². The highest BCUT2D eigenvalue weighted by atomic mass is 16.3. The Bertz CT molecular complexity index is 1820. The molecule has 3 nitrogen and oxygen atoms in total. The summed E-state index contributed by atoms with van der Waals surface area (Å²) in [4.78, 5) is 0.